The Morgan fingerprint density at radius 1 is 1.29 bits per heavy atom. The van der Waals surface area contributed by atoms with E-state index < -0.39 is 0 Å². The second-order valence-corrected chi connectivity index (χ2v) is 11.6. The van der Waals surface area contributed by atoms with Crippen LogP contribution in [-0.2, 0) is 0 Å². The summed E-state index contributed by atoms with van der Waals surface area (Å²) < 4.78 is 0. The molecule has 3 fully saturated rings. The zero-order chi connectivity index (χ0) is 22.4. The second-order valence-electron chi connectivity index (χ2n) is 11.6. The van der Waals surface area contributed by atoms with E-state index in [9.17, 15) is 0 Å². The van der Waals surface area contributed by atoms with Crippen LogP contribution in [0, 0.1) is 22.7 Å². The zero-order valence-electron chi connectivity index (χ0n) is 20.9. The van der Waals surface area contributed by atoms with E-state index in [0.29, 0.717) is 23.0 Å². The van der Waals surface area contributed by atoms with Crippen molar-refractivity contribution in [1.82, 2.24) is 20.4 Å². The Morgan fingerprint density at radius 2 is 2.06 bits per heavy atom. The maximum atomic E-state index is 6.32. The molecular formula is C26H47N5. The quantitative estimate of drug-likeness (QED) is 0.580. The number of fused-ring (bicyclic) bond motifs is 2. The Hall–Kier alpha value is -0.720. The maximum Gasteiger partial charge on any atom is 0.0809 e. The molecule has 0 bridgehead atoms. The van der Waals surface area contributed by atoms with Crippen molar-refractivity contribution >= 4 is 0 Å². The van der Waals surface area contributed by atoms with Gasteiger partial charge in [0.15, 0.2) is 0 Å². The number of nitrogens with two attached hydrogens (primary N) is 1. The highest BCUT2D eigenvalue weighted by atomic mass is 15.5. The third kappa shape index (κ3) is 4.17. The fourth-order valence-electron chi connectivity index (χ4n) is 7.39. The number of nitrogens with one attached hydrogen (secondary N) is 2. The van der Waals surface area contributed by atoms with Crippen molar-refractivity contribution in [2.75, 3.05) is 26.9 Å². The van der Waals surface area contributed by atoms with E-state index in [1.165, 1.54) is 38.5 Å². The summed E-state index contributed by atoms with van der Waals surface area (Å²) in [6.45, 7) is 15.2. The minimum atomic E-state index is 0.0429. The average molecular weight is 430 g/mol. The van der Waals surface area contributed by atoms with Gasteiger partial charge in [-0.1, -0.05) is 44.1 Å². The molecule has 5 heteroatoms. The zero-order valence-corrected chi connectivity index (χ0v) is 20.9. The molecule has 7 atom stereocenters. The van der Waals surface area contributed by atoms with Crippen molar-refractivity contribution in [2.24, 2.45) is 28.4 Å². The number of likely N-dealkylation sites (N-methyl/N-ethyl adjacent to an activating group) is 1. The number of hydrogen-bond donors (Lipinski definition) is 3. The highest BCUT2D eigenvalue weighted by Gasteiger charge is 2.52. The molecule has 4 aliphatic rings. The molecule has 1 saturated carbocycles. The van der Waals surface area contributed by atoms with Crippen LogP contribution in [0.3, 0.4) is 0 Å². The molecule has 31 heavy (non-hydrogen) atoms. The fourth-order valence-corrected chi connectivity index (χ4v) is 7.39. The van der Waals surface area contributed by atoms with Crippen LogP contribution in [0.2, 0.25) is 0 Å². The van der Waals surface area contributed by atoms with Gasteiger partial charge in [-0.2, -0.15) is 0 Å². The van der Waals surface area contributed by atoms with E-state index in [1.807, 2.05) is 0 Å². The predicted octanol–water partition coefficient (Wildman–Crippen LogP) is 3.85. The monoisotopic (exact) mass is 429 g/mol. The Labute approximate surface area is 190 Å². The topological polar surface area (TPSA) is 56.6 Å². The van der Waals surface area contributed by atoms with Gasteiger partial charge in [0.2, 0.25) is 0 Å². The van der Waals surface area contributed by atoms with Crippen LogP contribution in [0.15, 0.2) is 23.3 Å². The molecule has 4 N–H and O–H groups in total. The predicted molar refractivity (Wildman–Crippen MR) is 130 cm³/mol. The third-order valence-electron chi connectivity index (χ3n) is 9.97. The first-order valence-electron chi connectivity index (χ1n) is 12.7. The summed E-state index contributed by atoms with van der Waals surface area (Å²) in [4.78, 5) is 4.91. The van der Waals surface area contributed by atoms with E-state index >= 15 is 0 Å². The standard InChI is InChI=1S/C26H47N5/c1-18(12-15-31-17-30(6)22-23(27)28-16-29-24(22)31)10-13-25(4)20(3)11-14-26(5)19(2)8-7-9-21(25)26/h8,12,20-24,28-29H,7,9-11,13-17,27H2,1-6H3/t20-,21+,22?,23?,24?,25-,26-/m0/s1. The molecule has 5 nitrogen and oxygen atoms in total. The Kier molecular flexibility index (Phi) is 6.73. The van der Waals surface area contributed by atoms with E-state index in [1.54, 1.807) is 11.1 Å². The third-order valence-corrected chi connectivity index (χ3v) is 9.97. The summed E-state index contributed by atoms with van der Waals surface area (Å²) in [5.74, 6) is 1.65. The SMILES string of the molecule is CC(=CCN1CN(C)C2C(N)NCNC21)CC[C@]1(C)[C@H]2CCC=C(C)[C@]2(C)CC[C@@H]1C. The normalized spacial score (nSPS) is 44.7. The molecule has 2 heterocycles. The van der Waals surface area contributed by atoms with Crippen molar-refractivity contribution in [1.29, 1.82) is 0 Å². The van der Waals surface area contributed by atoms with Crippen molar-refractivity contribution < 1.29 is 0 Å². The van der Waals surface area contributed by atoms with Gasteiger partial charge in [-0.15, -0.1) is 0 Å². The van der Waals surface area contributed by atoms with Gasteiger partial charge in [-0.25, -0.2) is 0 Å². The Balaban J connectivity index is 1.39. The highest BCUT2D eigenvalue weighted by Crippen LogP contribution is 2.61. The first kappa shape index (κ1) is 23.4. The van der Waals surface area contributed by atoms with Crippen LogP contribution in [0.1, 0.15) is 73.1 Å². The second kappa shape index (κ2) is 8.90. The highest BCUT2D eigenvalue weighted by molar-refractivity contribution is 5.21. The first-order chi connectivity index (χ1) is 14.7. The summed E-state index contributed by atoms with van der Waals surface area (Å²) in [7, 11) is 2.19. The molecule has 2 aliphatic heterocycles. The molecule has 2 aliphatic carbocycles. The Morgan fingerprint density at radius 3 is 2.84 bits per heavy atom. The van der Waals surface area contributed by atoms with Crippen molar-refractivity contribution in [3.63, 3.8) is 0 Å². The molecule has 0 spiro atoms. The van der Waals surface area contributed by atoms with Crippen molar-refractivity contribution in [2.45, 2.75) is 91.5 Å². The molecule has 176 valence electrons. The lowest BCUT2D eigenvalue weighted by Crippen LogP contribution is -2.67. The van der Waals surface area contributed by atoms with Crippen LogP contribution in [0.5, 0.6) is 0 Å². The lowest BCUT2D eigenvalue weighted by Gasteiger charge is -2.58. The molecule has 0 radical (unpaired) electrons. The molecule has 4 rings (SSSR count). The number of nitrogens with zero attached hydrogens (tertiary/aromatic N) is 2. The average Bonchev–Trinajstić information content (AvgIpc) is 3.07. The van der Waals surface area contributed by atoms with Crippen LogP contribution in [-0.4, -0.2) is 55.1 Å². The number of rotatable bonds is 5. The van der Waals surface area contributed by atoms with Gasteiger partial charge < -0.3 is 5.73 Å². The van der Waals surface area contributed by atoms with Gasteiger partial charge >= 0.3 is 0 Å². The van der Waals surface area contributed by atoms with Crippen molar-refractivity contribution in [3.8, 4) is 0 Å². The summed E-state index contributed by atoms with van der Waals surface area (Å²) in [6.07, 6.45) is 13.3. The van der Waals surface area contributed by atoms with E-state index in [2.05, 4.69) is 74.3 Å². The van der Waals surface area contributed by atoms with E-state index in [-0.39, 0.29) is 6.17 Å². The summed E-state index contributed by atoms with van der Waals surface area (Å²) in [5, 5.41) is 6.95. The van der Waals surface area contributed by atoms with Gasteiger partial charge in [0.05, 0.1) is 25.0 Å². The molecule has 0 aromatic rings. The molecular weight excluding hydrogens is 382 g/mol. The molecule has 2 saturated heterocycles. The minimum absolute atomic E-state index is 0.0429. The Bertz CT molecular complexity index is 717. The van der Waals surface area contributed by atoms with Gasteiger partial charge in [-0.05, 0) is 82.1 Å². The van der Waals surface area contributed by atoms with Gasteiger partial charge in [0, 0.05) is 13.2 Å². The lowest BCUT2D eigenvalue weighted by molar-refractivity contribution is -0.0466. The molecule has 0 amide bonds. The summed E-state index contributed by atoms with van der Waals surface area (Å²) >= 11 is 0. The van der Waals surface area contributed by atoms with E-state index in [0.717, 1.165) is 31.7 Å². The van der Waals surface area contributed by atoms with E-state index in [4.69, 9.17) is 5.73 Å². The van der Waals surface area contributed by atoms with Crippen LogP contribution >= 0.6 is 0 Å². The van der Waals surface area contributed by atoms with Crippen LogP contribution in [0.25, 0.3) is 0 Å². The van der Waals surface area contributed by atoms with Crippen LogP contribution in [0.4, 0.5) is 0 Å². The largest absolute Gasteiger partial charge is 0.314 e. The lowest BCUT2D eigenvalue weighted by atomic mass is 9.47. The maximum absolute atomic E-state index is 6.32. The van der Waals surface area contributed by atoms with Crippen LogP contribution < -0.4 is 16.4 Å². The fraction of sp³-hybridized carbons (Fsp3) is 0.846. The van der Waals surface area contributed by atoms with Gasteiger partial charge in [0.1, 0.15) is 0 Å². The molecule has 3 unspecified atom stereocenters. The minimum Gasteiger partial charge on any atom is -0.314 e. The molecule has 0 aromatic carbocycles. The summed E-state index contributed by atoms with van der Waals surface area (Å²) in [5.41, 5.74) is 10.4. The van der Waals surface area contributed by atoms with Gasteiger partial charge in [-0.3, -0.25) is 20.4 Å². The summed E-state index contributed by atoms with van der Waals surface area (Å²) in [6, 6.07) is 0.338. The van der Waals surface area contributed by atoms with Gasteiger partial charge in [0.25, 0.3) is 0 Å². The number of hydrogen-bond acceptors (Lipinski definition) is 5. The molecule has 0 aromatic heterocycles. The van der Waals surface area contributed by atoms with Crippen molar-refractivity contribution in [3.05, 3.63) is 23.3 Å². The smallest absolute Gasteiger partial charge is 0.0809 e. The number of allylic oxidation sites excluding steroid dienone is 3. The first-order valence-corrected chi connectivity index (χ1v) is 12.7.